The Morgan fingerprint density at radius 1 is 0.900 bits per heavy atom. The number of nitrogens with one attached hydrogen (secondary N) is 3. The van der Waals surface area contributed by atoms with Gasteiger partial charge in [0.15, 0.2) is 0 Å². The van der Waals surface area contributed by atoms with Crippen LogP contribution in [0, 0.1) is 11.8 Å². The molecule has 0 heterocycles. The number of rotatable bonds is 15. The molecule has 0 bridgehead atoms. The second kappa shape index (κ2) is 14.7. The smallest absolute Gasteiger partial charge is 0.326 e. The second-order valence-corrected chi connectivity index (χ2v) is 8.01. The molecule has 0 fully saturated rings. The number of unbranched alkanes of at least 4 members (excludes halogenated alkanes) is 1. The Kier molecular flexibility index (Phi) is 13.7. The fourth-order valence-corrected chi connectivity index (χ4v) is 2.93. The Morgan fingerprint density at radius 3 is 1.97 bits per heavy atom. The molecular formula is C20H39N5O5. The first-order chi connectivity index (χ1) is 14.1. The van der Waals surface area contributed by atoms with E-state index in [4.69, 9.17) is 11.5 Å². The standard InChI is InChI=1S/C20H39N5O5/c1-5-13(4)17(20(29)30)25-19(28)15(10-12(2)3)24-18(27)14(8-6-7-9-21)23-16(26)11-22/h12-15,17H,5-11,21-22H2,1-4H3,(H,23,26)(H,24,27)(H,25,28)(H,29,30). The molecule has 30 heavy (non-hydrogen) atoms. The van der Waals surface area contributed by atoms with Crippen molar-refractivity contribution in [2.45, 2.75) is 77.9 Å². The summed E-state index contributed by atoms with van der Waals surface area (Å²) in [4.78, 5) is 48.8. The molecular weight excluding hydrogens is 390 g/mol. The number of hydrogen-bond acceptors (Lipinski definition) is 6. The number of carbonyl (C=O) groups excluding carboxylic acids is 3. The molecule has 8 N–H and O–H groups in total. The SMILES string of the molecule is CCC(C)C(NC(=O)C(CC(C)C)NC(=O)C(CCCCN)NC(=O)CN)C(=O)O. The van der Waals surface area contributed by atoms with Gasteiger partial charge in [-0.25, -0.2) is 4.79 Å². The van der Waals surface area contributed by atoms with Crippen LogP contribution in [0.25, 0.3) is 0 Å². The third-order valence-corrected chi connectivity index (χ3v) is 4.90. The zero-order valence-electron chi connectivity index (χ0n) is 18.6. The topological polar surface area (TPSA) is 177 Å². The van der Waals surface area contributed by atoms with Crippen LogP contribution in [0.4, 0.5) is 0 Å². The van der Waals surface area contributed by atoms with Crippen molar-refractivity contribution in [3.8, 4) is 0 Å². The van der Waals surface area contributed by atoms with Crippen LogP contribution in [0.5, 0.6) is 0 Å². The van der Waals surface area contributed by atoms with Crippen molar-refractivity contribution < 1.29 is 24.3 Å². The van der Waals surface area contributed by atoms with Crippen LogP contribution < -0.4 is 27.4 Å². The van der Waals surface area contributed by atoms with Gasteiger partial charge in [-0.15, -0.1) is 0 Å². The monoisotopic (exact) mass is 429 g/mol. The van der Waals surface area contributed by atoms with Crippen molar-refractivity contribution in [1.82, 2.24) is 16.0 Å². The number of carboxylic acids is 1. The van der Waals surface area contributed by atoms with Gasteiger partial charge >= 0.3 is 5.97 Å². The molecule has 0 spiro atoms. The van der Waals surface area contributed by atoms with E-state index in [1.165, 1.54) is 0 Å². The summed E-state index contributed by atoms with van der Waals surface area (Å²) in [5.74, 6) is -2.87. The minimum Gasteiger partial charge on any atom is -0.480 e. The van der Waals surface area contributed by atoms with Crippen molar-refractivity contribution in [3.05, 3.63) is 0 Å². The van der Waals surface area contributed by atoms with Crippen LogP contribution in [0.2, 0.25) is 0 Å². The number of amides is 3. The quantitative estimate of drug-likeness (QED) is 0.194. The number of aliphatic carboxylic acids is 1. The van der Waals surface area contributed by atoms with Crippen LogP contribution in [-0.2, 0) is 19.2 Å². The molecule has 0 aliphatic rings. The third-order valence-electron chi connectivity index (χ3n) is 4.90. The normalized spacial score (nSPS) is 15.0. The van der Waals surface area contributed by atoms with Gasteiger partial charge in [0.25, 0.3) is 0 Å². The number of carboxylic acid groups (broad SMARTS) is 1. The van der Waals surface area contributed by atoms with Crippen LogP contribution in [0.3, 0.4) is 0 Å². The summed E-state index contributed by atoms with van der Waals surface area (Å²) < 4.78 is 0. The van der Waals surface area contributed by atoms with Crippen LogP contribution in [-0.4, -0.2) is 60.0 Å². The third kappa shape index (κ3) is 10.5. The Hall–Kier alpha value is -2.20. The Balaban J connectivity index is 5.37. The van der Waals surface area contributed by atoms with Gasteiger partial charge in [-0.1, -0.05) is 34.1 Å². The Labute approximate surface area is 178 Å². The summed E-state index contributed by atoms with van der Waals surface area (Å²) in [5.41, 5.74) is 10.8. The summed E-state index contributed by atoms with van der Waals surface area (Å²) >= 11 is 0. The summed E-state index contributed by atoms with van der Waals surface area (Å²) in [6, 6.07) is -2.82. The van der Waals surface area contributed by atoms with E-state index >= 15 is 0 Å². The Morgan fingerprint density at radius 2 is 1.50 bits per heavy atom. The highest BCUT2D eigenvalue weighted by molar-refractivity contribution is 5.93. The predicted molar refractivity (Wildman–Crippen MR) is 114 cm³/mol. The van der Waals surface area contributed by atoms with Crippen molar-refractivity contribution in [2.75, 3.05) is 13.1 Å². The molecule has 0 aromatic carbocycles. The first kappa shape index (κ1) is 27.8. The molecule has 0 radical (unpaired) electrons. The minimum atomic E-state index is -1.12. The number of hydrogen-bond donors (Lipinski definition) is 6. The lowest BCUT2D eigenvalue weighted by Crippen LogP contribution is -2.57. The maximum absolute atomic E-state index is 12.8. The molecule has 10 nitrogen and oxygen atoms in total. The van der Waals surface area contributed by atoms with E-state index in [-0.39, 0.29) is 18.4 Å². The van der Waals surface area contributed by atoms with Gasteiger partial charge in [0, 0.05) is 0 Å². The van der Waals surface area contributed by atoms with E-state index in [0.29, 0.717) is 38.6 Å². The average Bonchev–Trinajstić information content (AvgIpc) is 2.69. The molecule has 0 aromatic heterocycles. The maximum atomic E-state index is 12.8. The van der Waals surface area contributed by atoms with Gasteiger partial charge in [-0.3, -0.25) is 14.4 Å². The summed E-state index contributed by atoms with van der Waals surface area (Å²) in [5, 5.41) is 17.2. The summed E-state index contributed by atoms with van der Waals surface area (Å²) in [7, 11) is 0. The first-order valence-electron chi connectivity index (χ1n) is 10.6. The van der Waals surface area contributed by atoms with Gasteiger partial charge in [0.1, 0.15) is 18.1 Å². The molecule has 0 saturated heterocycles. The lowest BCUT2D eigenvalue weighted by Gasteiger charge is -2.27. The fraction of sp³-hybridized carbons (Fsp3) is 0.800. The van der Waals surface area contributed by atoms with Crippen LogP contribution >= 0.6 is 0 Å². The van der Waals surface area contributed by atoms with Gasteiger partial charge in [0.05, 0.1) is 6.54 Å². The van der Waals surface area contributed by atoms with E-state index in [2.05, 4.69) is 16.0 Å². The van der Waals surface area contributed by atoms with Gasteiger partial charge in [0.2, 0.25) is 17.7 Å². The lowest BCUT2D eigenvalue weighted by molar-refractivity contribution is -0.144. The molecule has 10 heteroatoms. The molecule has 0 aliphatic heterocycles. The van der Waals surface area contributed by atoms with Crippen molar-refractivity contribution >= 4 is 23.7 Å². The lowest BCUT2D eigenvalue weighted by atomic mass is 9.97. The van der Waals surface area contributed by atoms with Gasteiger partial charge < -0.3 is 32.5 Å². The Bertz CT molecular complexity index is 570. The van der Waals surface area contributed by atoms with E-state index in [1.54, 1.807) is 6.92 Å². The zero-order valence-corrected chi connectivity index (χ0v) is 18.6. The first-order valence-corrected chi connectivity index (χ1v) is 10.6. The highest BCUT2D eigenvalue weighted by atomic mass is 16.4. The maximum Gasteiger partial charge on any atom is 0.326 e. The molecule has 4 atom stereocenters. The summed E-state index contributed by atoms with van der Waals surface area (Å²) in [6.07, 6.45) is 2.57. The van der Waals surface area contributed by atoms with E-state index in [1.807, 2.05) is 20.8 Å². The highest BCUT2D eigenvalue weighted by Crippen LogP contribution is 2.11. The largest absolute Gasteiger partial charge is 0.480 e. The van der Waals surface area contributed by atoms with Crippen molar-refractivity contribution in [2.24, 2.45) is 23.3 Å². The molecule has 174 valence electrons. The van der Waals surface area contributed by atoms with E-state index in [0.717, 1.165) is 0 Å². The average molecular weight is 430 g/mol. The van der Waals surface area contributed by atoms with E-state index < -0.39 is 41.8 Å². The summed E-state index contributed by atoms with van der Waals surface area (Å²) in [6.45, 7) is 7.57. The molecule has 0 aromatic rings. The van der Waals surface area contributed by atoms with Gasteiger partial charge in [-0.05, 0) is 44.1 Å². The second-order valence-electron chi connectivity index (χ2n) is 8.01. The number of carbonyl (C=O) groups is 4. The van der Waals surface area contributed by atoms with Crippen molar-refractivity contribution in [3.63, 3.8) is 0 Å². The molecule has 4 unspecified atom stereocenters. The molecule has 0 aliphatic carbocycles. The molecule has 0 rings (SSSR count). The van der Waals surface area contributed by atoms with Crippen molar-refractivity contribution in [1.29, 1.82) is 0 Å². The predicted octanol–water partition coefficient (Wildman–Crippen LogP) is -0.295. The van der Waals surface area contributed by atoms with Crippen LogP contribution in [0.15, 0.2) is 0 Å². The zero-order chi connectivity index (χ0) is 23.3. The van der Waals surface area contributed by atoms with Gasteiger partial charge in [-0.2, -0.15) is 0 Å². The number of nitrogens with two attached hydrogens (primary N) is 2. The fourth-order valence-electron chi connectivity index (χ4n) is 2.93. The van der Waals surface area contributed by atoms with E-state index in [9.17, 15) is 24.3 Å². The molecule has 3 amide bonds. The van der Waals surface area contributed by atoms with Crippen LogP contribution in [0.1, 0.15) is 59.8 Å². The molecule has 0 saturated carbocycles. The highest BCUT2D eigenvalue weighted by Gasteiger charge is 2.31. The minimum absolute atomic E-state index is 0.0715.